The minimum absolute atomic E-state index is 0.00591. The Kier molecular flexibility index (Phi) is 10.5. The number of nitrogens with zero attached hydrogens (tertiary/aromatic N) is 8. The SMILES string of the molecule is CON=C(Cn1nnnc1SCC1=C(C(=O)O)N2C(=O)C(NC(=O)C(=NOC)c3csc(NC(=O)C(F)(F)F)n3)[C@H]2SC1)C(=O)O. The summed E-state index contributed by atoms with van der Waals surface area (Å²) in [6.07, 6.45) is -5.18. The first-order valence-corrected chi connectivity index (χ1v) is 15.1. The second-order valence-electron chi connectivity index (χ2n) is 8.66. The summed E-state index contributed by atoms with van der Waals surface area (Å²) in [7, 11) is 2.24. The number of thiazole rings is 1. The zero-order chi connectivity index (χ0) is 33.8. The van der Waals surface area contributed by atoms with E-state index in [4.69, 9.17) is 0 Å². The summed E-state index contributed by atoms with van der Waals surface area (Å²) in [5.74, 6) is -6.75. The number of β-lactam (4-membered cyclic amide) rings is 1. The van der Waals surface area contributed by atoms with Gasteiger partial charge in [0.1, 0.15) is 37.0 Å². The van der Waals surface area contributed by atoms with Crippen LogP contribution in [0.4, 0.5) is 18.3 Å². The van der Waals surface area contributed by atoms with Crippen LogP contribution in [0, 0.1) is 0 Å². The normalized spacial score (nSPS) is 18.5. The number of halogens is 3. The Labute approximate surface area is 266 Å². The lowest BCUT2D eigenvalue weighted by Gasteiger charge is -2.49. The number of oxime groups is 2. The van der Waals surface area contributed by atoms with E-state index in [1.54, 1.807) is 5.32 Å². The van der Waals surface area contributed by atoms with Gasteiger partial charge in [-0.2, -0.15) is 13.2 Å². The molecule has 2 atom stereocenters. The molecule has 2 aromatic heterocycles. The molecule has 1 fully saturated rings. The molecule has 4 heterocycles. The predicted molar refractivity (Wildman–Crippen MR) is 151 cm³/mol. The van der Waals surface area contributed by atoms with E-state index in [2.05, 4.69) is 45.8 Å². The standard InChI is InChI=1S/C21H19F3N10O9S3/c1-42-29-8(16(37)38)3-33-20(28-31-32-33)46-5-7-4-44-15-11(14(36)34(15)12(7)17(39)40)26-13(35)10(30-43-2)9-6-45-19(25-9)27-18(41)21(22,23)24/h6,11,15H,3-5H2,1-2H3,(H,26,35)(H,37,38)(H,39,40)(H,25,27,41)/t11?,15-/m1/s1. The van der Waals surface area contributed by atoms with Gasteiger partial charge in [-0.1, -0.05) is 22.1 Å². The van der Waals surface area contributed by atoms with Crippen LogP contribution in [0.1, 0.15) is 5.69 Å². The van der Waals surface area contributed by atoms with Gasteiger partial charge in [0.2, 0.25) is 5.16 Å². The predicted octanol–water partition coefficient (Wildman–Crippen LogP) is -0.401. The second kappa shape index (κ2) is 14.1. The van der Waals surface area contributed by atoms with Gasteiger partial charge in [0.05, 0.1) is 6.54 Å². The number of carboxylic acids is 2. The van der Waals surface area contributed by atoms with Crippen LogP contribution < -0.4 is 10.6 Å². The molecule has 25 heteroatoms. The molecule has 1 unspecified atom stereocenters. The van der Waals surface area contributed by atoms with E-state index in [0.717, 1.165) is 52.7 Å². The molecule has 19 nitrogen and oxygen atoms in total. The van der Waals surface area contributed by atoms with Crippen molar-refractivity contribution >= 4 is 81.1 Å². The van der Waals surface area contributed by atoms with Gasteiger partial charge in [-0.25, -0.2) is 19.3 Å². The summed E-state index contributed by atoms with van der Waals surface area (Å²) in [5.41, 5.74) is -1.21. The van der Waals surface area contributed by atoms with Crippen LogP contribution >= 0.6 is 34.9 Å². The Hall–Kier alpha value is -4.78. The van der Waals surface area contributed by atoms with Crippen LogP contribution in [0.15, 0.2) is 32.1 Å². The largest absolute Gasteiger partial charge is 0.477 e. The number of hydrogen-bond donors (Lipinski definition) is 4. The van der Waals surface area contributed by atoms with E-state index >= 15 is 0 Å². The van der Waals surface area contributed by atoms with Gasteiger partial charge in [-0.3, -0.25) is 24.6 Å². The number of hydrogen-bond acceptors (Lipinski definition) is 16. The Morgan fingerprint density at radius 2 is 1.91 bits per heavy atom. The zero-order valence-electron chi connectivity index (χ0n) is 23.0. The molecule has 2 aliphatic rings. The average Bonchev–Trinajstić information content (AvgIpc) is 3.65. The molecule has 1 saturated heterocycles. The molecule has 0 aliphatic carbocycles. The lowest BCUT2D eigenvalue weighted by Crippen LogP contribution is -2.71. The number of aromatic nitrogens is 5. The van der Waals surface area contributed by atoms with Crippen LogP contribution in [-0.4, -0.2) is 125 Å². The van der Waals surface area contributed by atoms with Gasteiger partial charge < -0.3 is 25.2 Å². The number of fused-ring (bicyclic) bond motifs is 1. The van der Waals surface area contributed by atoms with E-state index in [1.165, 1.54) is 0 Å². The molecule has 0 spiro atoms. The van der Waals surface area contributed by atoms with Gasteiger partial charge in [0, 0.05) is 16.9 Å². The van der Waals surface area contributed by atoms with Crippen LogP contribution in [-0.2, 0) is 40.2 Å². The monoisotopic (exact) mass is 708 g/mol. The third kappa shape index (κ3) is 7.36. The van der Waals surface area contributed by atoms with Crippen molar-refractivity contribution in [2.75, 3.05) is 31.0 Å². The van der Waals surface area contributed by atoms with Crippen molar-refractivity contribution in [3.63, 3.8) is 0 Å². The highest BCUT2D eigenvalue weighted by atomic mass is 32.2. The number of nitrogens with one attached hydrogen (secondary N) is 2. The maximum atomic E-state index is 13.1. The van der Waals surface area contributed by atoms with Gasteiger partial charge in [0.15, 0.2) is 16.6 Å². The van der Waals surface area contributed by atoms with E-state index in [1.807, 2.05) is 0 Å². The number of aliphatic carboxylic acids is 2. The summed E-state index contributed by atoms with van der Waals surface area (Å²) in [6, 6.07) is -1.21. The van der Waals surface area contributed by atoms with E-state index < -0.39 is 63.8 Å². The maximum absolute atomic E-state index is 13.1. The summed E-state index contributed by atoms with van der Waals surface area (Å²) in [4.78, 5) is 74.8. The molecule has 0 aromatic carbocycles. The highest BCUT2D eigenvalue weighted by molar-refractivity contribution is 8.01. The molecule has 2 aliphatic heterocycles. The minimum atomic E-state index is -5.18. The van der Waals surface area contributed by atoms with Crippen molar-refractivity contribution < 1.29 is 57.0 Å². The number of anilines is 1. The molecule has 4 N–H and O–H groups in total. The summed E-state index contributed by atoms with van der Waals surface area (Å²) in [6.45, 7) is -0.356. The van der Waals surface area contributed by atoms with Crippen molar-refractivity contribution in [2.24, 2.45) is 10.3 Å². The number of alkyl halides is 3. The number of amides is 3. The number of carbonyl (C=O) groups excluding carboxylic acids is 3. The molecule has 0 radical (unpaired) electrons. The average molecular weight is 709 g/mol. The first-order chi connectivity index (χ1) is 21.8. The van der Waals surface area contributed by atoms with Gasteiger partial charge >= 0.3 is 24.0 Å². The maximum Gasteiger partial charge on any atom is 0.471 e. The smallest absolute Gasteiger partial charge is 0.471 e. The molecule has 4 rings (SSSR count). The summed E-state index contributed by atoms with van der Waals surface area (Å²) in [5, 5.41) is 41.0. The second-order valence-corrected chi connectivity index (χ2v) is 11.6. The Morgan fingerprint density at radius 1 is 1.20 bits per heavy atom. The van der Waals surface area contributed by atoms with E-state index in [0.29, 0.717) is 16.9 Å². The molecule has 246 valence electrons. The molecule has 0 saturated carbocycles. The fourth-order valence-electron chi connectivity index (χ4n) is 3.85. The van der Waals surface area contributed by atoms with Crippen molar-refractivity contribution in [3.05, 3.63) is 22.3 Å². The van der Waals surface area contributed by atoms with Crippen molar-refractivity contribution in [3.8, 4) is 0 Å². The summed E-state index contributed by atoms with van der Waals surface area (Å²) < 4.78 is 38.8. The molecule has 46 heavy (non-hydrogen) atoms. The molecule has 3 amide bonds. The Bertz CT molecular complexity index is 1660. The van der Waals surface area contributed by atoms with Crippen molar-refractivity contribution in [1.82, 2.24) is 35.4 Å². The fourth-order valence-corrected chi connectivity index (χ4v) is 6.90. The van der Waals surface area contributed by atoms with Gasteiger partial charge in [-0.15, -0.1) is 28.2 Å². The van der Waals surface area contributed by atoms with Crippen LogP contribution in [0.2, 0.25) is 0 Å². The summed E-state index contributed by atoms with van der Waals surface area (Å²) >= 11 is 2.69. The topological polar surface area (TPSA) is 253 Å². The Morgan fingerprint density at radius 3 is 2.54 bits per heavy atom. The molecule has 2 aromatic rings. The molecule has 0 bridgehead atoms. The van der Waals surface area contributed by atoms with Gasteiger partial charge in [-0.05, 0) is 16.0 Å². The lowest BCUT2D eigenvalue weighted by atomic mass is 10.0. The minimum Gasteiger partial charge on any atom is -0.477 e. The third-order valence-electron chi connectivity index (χ3n) is 5.78. The van der Waals surface area contributed by atoms with Crippen molar-refractivity contribution in [1.29, 1.82) is 0 Å². The van der Waals surface area contributed by atoms with Crippen LogP contribution in [0.25, 0.3) is 0 Å². The van der Waals surface area contributed by atoms with E-state index in [9.17, 15) is 47.4 Å². The van der Waals surface area contributed by atoms with Crippen molar-refractivity contribution in [2.45, 2.75) is 29.3 Å². The molecular formula is C21H19F3N10O9S3. The first-order valence-electron chi connectivity index (χ1n) is 12.1. The molecular weight excluding hydrogens is 689 g/mol. The number of tetrazole rings is 1. The number of rotatable bonds is 13. The fraction of sp³-hybridized carbons (Fsp3) is 0.381. The van der Waals surface area contributed by atoms with Gasteiger partial charge in [0.25, 0.3) is 11.8 Å². The first kappa shape index (κ1) is 34.1. The highest BCUT2D eigenvalue weighted by Gasteiger charge is 2.54. The number of carboxylic acid groups (broad SMARTS) is 2. The Balaban J connectivity index is 1.45. The third-order valence-corrected chi connectivity index (χ3v) is 8.92. The number of carbonyl (C=O) groups is 5. The zero-order valence-corrected chi connectivity index (χ0v) is 25.5. The van der Waals surface area contributed by atoms with Crippen LogP contribution in [0.3, 0.4) is 0 Å². The van der Waals surface area contributed by atoms with E-state index in [-0.39, 0.29) is 34.6 Å². The quantitative estimate of drug-likeness (QED) is 0.0894. The van der Waals surface area contributed by atoms with Crippen LogP contribution in [0.5, 0.6) is 0 Å². The number of thioether (sulfide) groups is 2. The highest BCUT2D eigenvalue weighted by Crippen LogP contribution is 2.41. The lowest BCUT2D eigenvalue weighted by molar-refractivity contribution is -0.167.